The maximum Gasteiger partial charge on any atom is 0.233 e. The highest BCUT2D eigenvalue weighted by atomic mass is 19.1. The van der Waals surface area contributed by atoms with Gasteiger partial charge in [-0.15, -0.1) is 10.2 Å². The minimum Gasteiger partial charge on any atom is -0.507 e. The van der Waals surface area contributed by atoms with Gasteiger partial charge in [0.25, 0.3) is 0 Å². The van der Waals surface area contributed by atoms with E-state index in [1.54, 1.807) is 30.1 Å². The summed E-state index contributed by atoms with van der Waals surface area (Å²) in [6.07, 6.45) is 4.20. The van der Waals surface area contributed by atoms with E-state index in [0.717, 1.165) is 12.8 Å². The molecule has 4 rings (SSSR count). The van der Waals surface area contributed by atoms with Gasteiger partial charge in [-0.3, -0.25) is 4.68 Å². The summed E-state index contributed by atoms with van der Waals surface area (Å²) < 4.78 is 36.4. The predicted octanol–water partition coefficient (Wildman–Crippen LogP) is 3.64. The van der Waals surface area contributed by atoms with Gasteiger partial charge < -0.3 is 15.2 Å². The van der Waals surface area contributed by atoms with Gasteiger partial charge in [0.2, 0.25) is 5.88 Å². The van der Waals surface area contributed by atoms with E-state index in [-0.39, 0.29) is 34.5 Å². The number of halogens is 2. The van der Waals surface area contributed by atoms with Gasteiger partial charge in [0.05, 0.1) is 11.9 Å². The van der Waals surface area contributed by atoms with E-state index in [1.807, 2.05) is 7.05 Å². The highest BCUT2D eigenvalue weighted by molar-refractivity contribution is 5.74. The number of aromatic nitrogens is 4. The number of alkyl halides is 1. The Kier molecular flexibility index (Phi) is 6.13. The van der Waals surface area contributed by atoms with Gasteiger partial charge in [-0.05, 0) is 44.5 Å². The molecule has 1 aromatic carbocycles. The normalized spacial score (nSPS) is 21.6. The molecule has 0 radical (unpaired) electrons. The summed E-state index contributed by atoms with van der Waals surface area (Å²) in [5, 5.41) is 25.7. The lowest BCUT2D eigenvalue weighted by atomic mass is 10.0. The summed E-state index contributed by atoms with van der Waals surface area (Å²) in [5.74, 6) is -0.451. The van der Waals surface area contributed by atoms with E-state index >= 15 is 0 Å². The molecule has 9 heteroatoms. The number of aryl methyl sites for hydroxylation is 1. The largest absolute Gasteiger partial charge is 0.507 e. The Morgan fingerprint density at radius 3 is 2.71 bits per heavy atom. The first kappa shape index (κ1) is 21.2. The van der Waals surface area contributed by atoms with Crippen LogP contribution in [0.2, 0.25) is 0 Å². The second kappa shape index (κ2) is 8.97. The zero-order valence-corrected chi connectivity index (χ0v) is 17.4. The molecule has 164 valence electrons. The van der Waals surface area contributed by atoms with Crippen LogP contribution in [0.5, 0.6) is 11.6 Å². The molecule has 2 unspecified atom stereocenters. The number of ether oxygens (including phenoxy) is 1. The Morgan fingerprint density at radius 1 is 1.19 bits per heavy atom. The number of benzene rings is 1. The van der Waals surface area contributed by atoms with Crippen LogP contribution in [0.25, 0.3) is 22.4 Å². The first-order chi connectivity index (χ1) is 14.9. The monoisotopic (exact) mass is 429 g/mol. The van der Waals surface area contributed by atoms with Crippen LogP contribution >= 0.6 is 0 Å². The van der Waals surface area contributed by atoms with E-state index in [1.165, 1.54) is 18.3 Å². The van der Waals surface area contributed by atoms with Crippen LogP contribution in [0.3, 0.4) is 0 Å². The summed E-state index contributed by atoms with van der Waals surface area (Å²) in [4.78, 5) is 0. The summed E-state index contributed by atoms with van der Waals surface area (Å²) in [5.41, 5.74) is 1.29. The van der Waals surface area contributed by atoms with Crippen LogP contribution in [0.15, 0.2) is 36.7 Å². The average Bonchev–Trinajstić information content (AvgIpc) is 3.11. The SMILES string of the molecule is CNC1CCCC(F)[C@@H](Oc2ccc(-c3cc(F)c(-c4cnn(C)c4)cc3O)nn2)C1. The maximum atomic E-state index is 14.7. The molecule has 1 fully saturated rings. The Bertz CT molecular complexity index is 1040. The topological polar surface area (TPSA) is 85.1 Å². The van der Waals surface area contributed by atoms with Gasteiger partial charge in [0.15, 0.2) is 0 Å². The number of nitrogens with zero attached hydrogens (tertiary/aromatic N) is 4. The third-order valence-electron chi connectivity index (χ3n) is 5.65. The van der Waals surface area contributed by atoms with Gasteiger partial charge in [0, 0.05) is 48.5 Å². The van der Waals surface area contributed by atoms with Crippen molar-refractivity contribution in [1.29, 1.82) is 0 Å². The summed E-state index contributed by atoms with van der Waals surface area (Å²) >= 11 is 0. The first-order valence-corrected chi connectivity index (χ1v) is 10.3. The van der Waals surface area contributed by atoms with Crippen molar-refractivity contribution in [2.75, 3.05) is 7.05 Å². The molecule has 2 N–H and O–H groups in total. The molecule has 0 amide bonds. The molecule has 0 aliphatic heterocycles. The third kappa shape index (κ3) is 4.66. The molecule has 2 heterocycles. The van der Waals surface area contributed by atoms with Crippen molar-refractivity contribution in [2.45, 2.75) is 44.0 Å². The molecule has 0 spiro atoms. The van der Waals surface area contributed by atoms with Crippen molar-refractivity contribution < 1.29 is 18.6 Å². The van der Waals surface area contributed by atoms with Crippen LogP contribution < -0.4 is 10.1 Å². The first-order valence-electron chi connectivity index (χ1n) is 10.3. The Labute approximate surface area is 179 Å². The molecular weight excluding hydrogens is 404 g/mol. The number of nitrogens with one attached hydrogen (secondary N) is 1. The molecule has 1 aliphatic carbocycles. The molecule has 7 nitrogen and oxygen atoms in total. The Morgan fingerprint density at radius 2 is 2.03 bits per heavy atom. The van der Waals surface area contributed by atoms with Crippen molar-refractivity contribution in [3.05, 3.63) is 42.5 Å². The van der Waals surface area contributed by atoms with E-state index in [9.17, 15) is 13.9 Å². The second-order valence-corrected chi connectivity index (χ2v) is 7.83. The Hall–Kier alpha value is -3.07. The van der Waals surface area contributed by atoms with Gasteiger partial charge in [-0.2, -0.15) is 5.10 Å². The molecule has 0 bridgehead atoms. The van der Waals surface area contributed by atoms with Gasteiger partial charge in [-0.1, -0.05) is 0 Å². The number of aromatic hydroxyl groups is 1. The second-order valence-electron chi connectivity index (χ2n) is 7.83. The number of rotatable bonds is 5. The van der Waals surface area contributed by atoms with Crippen molar-refractivity contribution in [2.24, 2.45) is 7.05 Å². The van der Waals surface area contributed by atoms with Gasteiger partial charge >= 0.3 is 0 Å². The highest BCUT2D eigenvalue weighted by Gasteiger charge is 2.29. The third-order valence-corrected chi connectivity index (χ3v) is 5.65. The molecule has 1 saturated carbocycles. The van der Waals surface area contributed by atoms with Gasteiger partial charge in [-0.25, -0.2) is 8.78 Å². The summed E-state index contributed by atoms with van der Waals surface area (Å²) in [6, 6.07) is 5.87. The molecule has 3 atom stereocenters. The quantitative estimate of drug-likeness (QED) is 0.603. The molecule has 0 saturated heterocycles. The minimum atomic E-state index is -1.07. The van der Waals surface area contributed by atoms with E-state index in [4.69, 9.17) is 4.74 Å². The molecule has 3 aromatic rings. The maximum absolute atomic E-state index is 14.7. The molecule has 1 aliphatic rings. The molecule has 31 heavy (non-hydrogen) atoms. The fourth-order valence-electron chi connectivity index (χ4n) is 3.91. The summed E-state index contributed by atoms with van der Waals surface area (Å²) in [7, 11) is 3.59. The van der Waals surface area contributed by atoms with Crippen LogP contribution in [-0.4, -0.2) is 50.4 Å². The van der Waals surface area contributed by atoms with E-state index in [0.29, 0.717) is 18.4 Å². The predicted molar refractivity (Wildman–Crippen MR) is 112 cm³/mol. The van der Waals surface area contributed by atoms with Crippen LogP contribution in [-0.2, 0) is 7.05 Å². The average molecular weight is 429 g/mol. The lowest BCUT2D eigenvalue weighted by molar-refractivity contribution is 0.0837. The fourth-order valence-corrected chi connectivity index (χ4v) is 3.91. The lowest BCUT2D eigenvalue weighted by Gasteiger charge is -2.22. The van der Waals surface area contributed by atoms with E-state index in [2.05, 4.69) is 20.6 Å². The minimum absolute atomic E-state index is 0.132. The van der Waals surface area contributed by atoms with E-state index < -0.39 is 18.1 Å². The highest BCUT2D eigenvalue weighted by Crippen LogP contribution is 2.35. The lowest BCUT2D eigenvalue weighted by Crippen LogP contribution is -2.35. The zero-order valence-electron chi connectivity index (χ0n) is 17.4. The van der Waals surface area contributed by atoms with Gasteiger partial charge in [0.1, 0.15) is 23.8 Å². The van der Waals surface area contributed by atoms with Crippen molar-refractivity contribution in [3.63, 3.8) is 0 Å². The summed E-state index contributed by atoms with van der Waals surface area (Å²) in [6.45, 7) is 0. The van der Waals surface area contributed by atoms with Crippen LogP contribution in [0, 0.1) is 5.82 Å². The molecule has 2 aromatic heterocycles. The van der Waals surface area contributed by atoms with Crippen LogP contribution in [0.4, 0.5) is 8.78 Å². The van der Waals surface area contributed by atoms with Crippen molar-refractivity contribution in [3.8, 4) is 34.0 Å². The zero-order chi connectivity index (χ0) is 22.0. The molecular formula is C22H25F2N5O2. The number of hydrogen-bond acceptors (Lipinski definition) is 6. The van der Waals surface area contributed by atoms with Crippen molar-refractivity contribution in [1.82, 2.24) is 25.3 Å². The fraction of sp³-hybridized carbons (Fsp3) is 0.409. The number of phenols is 1. The number of phenolic OH excluding ortho intramolecular Hbond substituents is 1. The van der Waals surface area contributed by atoms with Crippen LogP contribution in [0.1, 0.15) is 25.7 Å². The Balaban J connectivity index is 1.53. The standard InChI is InChI=1S/C22H25F2N5O2/c1-25-14-4-3-5-17(23)21(8-14)31-22-7-6-19(27-28-22)16-9-18(24)15(10-20(16)30)13-11-26-29(2)12-13/h6-7,9-12,14,17,21,25,30H,3-5,8H2,1-2H3/t14?,17?,21-/m0/s1. The smallest absolute Gasteiger partial charge is 0.233 e. The van der Waals surface area contributed by atoms with Crippen molar-refractivity contribution >= 4 is 0 Å². The number of hydrogen-bond donors (Lipinski definition) is 2.